The Labute approximate surface area is 114 Å². The van der Waals surface area contributed by atoms with E-state index in [-0.39, 0.29) is 5.11 Å². The zero-order valence-electron chi connectivity index (χ0n) is 9.37. The van der Waals surface area contributed by atoms with E-state index in [0.29, 0.717) is 5.76 Å². The minimum Gasteiger partial charge on any atom is -0.448 e. The molecule has 4 nitrogen and oxygen atoms in total. The van der Waals surface area contributed by atoms with Crippen LogP contribution in [0.4, 0.5) is 0 Å². The standard InChI is InChI=1S/C12H11N3OS2/c13-12(17)15-14-8-9-6-7-11(16-9)18-10-4-2-1-3-5-10/h1-8H,(H3,13,15,17)/b14-8-. The van der Waals surface area contributed by atoms with Gasteiger partial charge in [-0.25, -0.2) is 0 Å². The first-order chi connectivity index (χ1) is 8.74. The maximum absolute atomic E-state index is 5.56. The molecule has 2 rings (SSSR count). The highest BCUT2D eigenvalue weighted by molar-refractivity contribution is 7.99. The maximum Gasteiger partial charge on any atom is 0.184 e. The van der Waals surface area contributed by atoms with Gasteiger partial charge >= 0.3 is 0 Å². The number of furan rings is 1. The van der Waals surface area contributed by atoms with E-state index in [2.05, 4.69) is 22.7 Å². The minimum absolute atomic E-state index is 0.122. The molecule has 18 heavy (non-hydrogen) atoms. The number of nitrogens with one attached hydrogen (secondary N) is 1. The summed E-state index contributed by atoms with van der Waals surface area (Å²) in [5.74, 6) is 0.636. The van der Waals surface area contributed by atoms with Crippen molar-refractivity contribution >= 4 is 35.3 Å². The van der Waals surface area contributed by atoms with E-state index in [0.717, 1.165) is 9.99 Å². The average Bonchev–Trinajstić information content (AvgIpc) is 2.78. The Hall–Kier alpha value is -1.79. The van der Waals surface area contributed by atoms with Gasteiger partial charge in [-0.1, -0.05) is 30.0 Å². The summed E-state index contributed by atoms with van der Waals surface area (Å²) >= 11 is 6.17. The minimum atomic E-state index is 0.122. The first-order valence-corrected chi connectivity index (χ1v) is 6.38. The van der Waals surface area contributed by atoms with E-state index in [1.54, 1.807) is 11.8 Å². The van der Waals surface area contributed by atoms with Crippen LogP contribution in [0.5, 0.6) is 0 Å². The molecule has 0 fully saturated rings. The molecule has 1 aromatic heterocycles. The van der Waals surface area contributed by atoms with Crippen molar-refractivity contribution in [2.75, 3.05) is 0 Å². The Morgan fingerprint density at radius 2 is 2.06 bits per heavy atom. The van der Waals surface area contributed by atoms with Crippen LogP contribution in [-0.4, -0.2) is 11.3 Å². The van der Waals surface area contributed by atoms with Crippen LogP contribution >= 0.6 is 24.0 Å². The van der Waals surface area contributed by atoms with Gasteiger partial charge in [0.05, 0.1) is 6.21 Å². The van der Waals surface area contributed by atoms with Gasteiger partial charge in [0.15, 0.2) is 10.2 Å². The Morgan fingerprint density at radius 3 is 2.78 bits per heavy atom. The third-order valence-corrected chi connectivity index (χ3v) is 2.95. The molecule has 1 aromatic carbocycles. The second kappa shape index (κ2) is 6.23. The lowest BCUT2D eigenvalue weighted by Gasteiger charge is -1.96. The molecule has 6 heteroatoms. The SMILES string of the molecule is NC(=S)N/N=C\c1ccc(Sc2ccccc2)o1. The van der Waals surface area contributed by atoms with Crippen LogP contribution in [-0.2, 0) is 0 Å². The molecule has 3 N–H and O–H groups in total. The predicted molar refractivity (Wildman–Crippen MR) is 76.8 cm³/mol. The highest BCUT2D eigenvalue weighted by atomic mass is 32.2. The zero-order chi connectivity index (χ0) is 12.8. The van der Waals surface area contributed by atoms with E-state index in [1.807, 2.05) is 42.5 Å². The fourth-order valence-corrected chi connectivity index (χ4v) is 2.08. The van der Waals surface area contributed by atoms with Crippen LogP contribution < -0.4 is 11.2 Å². The smallest absolute Gasteiger partial charge is 0.184 e. The molecule has 0 radical (unpaired) electrons. The van der Waals surface area contributed by atoms with Gasteiger partial charge in [0.25, 0.3) is 0 Å². The van der Waals surface area contributed by atoms with Crippen molar-refractivity contribution in [3.05, 3.63) is 48.2 Å². The molecule has 0 aliphatic carbocycles. The van der Waals surface area contributed by atoms with Gasteiger partial charge in [0.2, 0.25) is 0 Å². The Kier molecular flexibility index (Phi) is 4.38. The third-order valence-electron chi connectivity index (χ3n) is 1.93. The van der Waals surface area contributed by atoms with Gasteiger partial charge in [0, 0.05) is 4.90 Å². The Balaban J connectivity index is 1.98. The Morgan fingerprint density at radius 1 is 1.28 bits per heavy atom. The van der Waals surface area contributed by atoms with E-state index >= 15 is 0 Å². The number of hydrogen-bond acceptors (Lipinski definition) is 4. The lowest BCUT2D eigenvalue weighted by molar-refractivity contribution is 0.469. The predicted octanol–water partition coefficient (Wildman–Crippen LogP) is 2.60. The third kappa shape index (κ3) is 3.90. The van der Waals surface area contributed by atoms with Gasteiger partial charge in [-0.3, -0.25) is 5.43 Å². The molecule has 0 saturated carbocycles. The molecule has 0 unspecified atom stereocenters. The Bertz CT molecular complexity index is 551. The number of nitrogens with zero attached hydrogens (tertiary/aromatic N) is 1. The second-order valence-corrected chi connectivity index (χ2v) is 4.82. The topological polar surface area (TPSA) is 63.5 Å². The molecule has 0 bridgehead atoms. The number of nitrogens with two attached hydrogens (primary N) is 1. The van der Waals surface area contributed by atoms with Crippen LogP contribution in [0.15, 0.2) is 62.0 Å². The van der Waals surface area contributed by atoms with E-state index in [4.69, 9.17) is 10.2 Å². The summed E-state index contributed by atoms with van der Waals surface area (Å²) in [5.41, 5.74) is 7.70. The summed E-state index contributed by atoms with van der Waals surface area (Å²) < 4.78 is 5.56. The van der Waals surface area contributed by atoms with Gasteiger partial charge < -0.3 is 10.2 Å². The first-order valence-electron chi connectivity index (χ1n) is 5.15. The monoisotopic (exact) mass is 277 g/mol. The molecule has 1 heterocycles. The number of rotatable bonds is 4. The fourth-order valence-electron chi connectivity index (χ4n) is 1.22. The van der Waals surface area contributed by atoms with Crippen molar-refractivity contribution in [3.63, 3.8) is 0 Å². The van der Waals surface area contributed by atoms with Crippen molar-refractivity contribution in [3.8, 4) is 0 Å². The normalized spacial score (nSPS) is 10.7. The second-order valence-electron chi connectivity index (χ2n) is 3.31. The van der Waals surface area contributed by atoms with Crippen LogP contribution in [0.1, 0.15) is 5.76 Å². The van der Waals surface area contributed by atoms with E-state index in [9.17, 15) is 0 Å². The summed E-state index contributed by atoms with van der Waals surface area (Å²) in [4.78, 5) is 1.12. The molecule has 0 amide bonds. The largest absolute Gasteiger partial charge is 0.448 e. The van der Waals surface area contributed by atoms with Gasteiger partial charge in [-0.15, -0.1) is 0 Å². The quantitative estimate of drug-likeness (QED) is 0.511. The molecule has 0 saturated heterocycles. The highest BCUT2D eigenvalue weighted by Crippen LogP contribution is 2.28. The van der Waals surface area contributed by atoms with Crippen molar-refractivity contribution in [2.24, 2.45) is 10.8 Å². The molecule has 0 aliphatic heterocycles. The van der Waals surface area contributed by atoms with Crippen LogP contribution in [0.2, 0.25) is 0 Å². The van der Waals surface area contributed by atoms with E-state index < -0.39 is 0 Å². The van der Waals surface area contributed by atoms with Crippen molar-refractivity contribution in [2.45, 2.75) is 9.99 Å². The number of benzene rings is 1. The zero-order valence-corrected chi connectivity index (χ0v) is 11.0. The molecule has 92 valence electrons. The fraction of sp³-hybridized carbons (Fsp3) is 0. The highest BCUT2D eigenvalue weighted by Gasteiger charge is 2.02. The van der Waals surface area contributed by atoms with Gasteiger partial charge in [-0.05, 0) is 36.5 Å². The lowest BCUT2D eigenvalue weighted by Crippen LogP contribution is -2.23. The molecular weight excluding hydrogens is 266 g/mol. The molecule has 0 aliphatic rings. The first kappa shape index (κ1) is 12.7. The number of hydrazone groups is 1. The summed E-state index contributed by atoms with van der Waals surface area (Å²) in [6.07, 6.45) is 1.52. The van der Waals surface area contributed by atoms with Crippen molar-refractivity contribution < 1.29 is 4.42 Å². The lowest BCUT2D eigenvalue weighted by atomic mass is 10.4. The molecule has 0 spiro atoms. The molecular formula is C12H11N3OS2. The van der Waals surface area contributed by atoms with Gasteiger partial charge in [0.1, 0.15) is 5.76 Å². The van der Waals surface area contributed by atoms with Crippen molar-refractivity contribution in [1.82, 2.24) is 5.43 Å². The van der Waals surface area contributed by atoms with Crippen LogP contribution in [0.3, 0.4) is 0 Å². The van der Waals surface area contributed by atoms with Crippen LogP contribution in [0, 0.1) is 0 Å². The summed E-state index contributed by atoms with van der Waals surface area (Å²) in [7, 11) is 0. The van der Waals surface area contributed by atoms with Crippen LogP contribution in [0.25, 0.3) is 0 Å². The van der Waals surface area contributed by atoms with Gasteiger partial charge in [-0.2, -0.15) is 5.10 Å². The summed E-state index contributed by atoms with van der Waals surface area (Å²) in [5, 5.41) is 4.74. The van der Waals surface area contributed by atoms with E-state index in [1.165, 1.54) is 6.21 Å². The number of thiocarbonyl (C=S) groups is 1. The summed E-state index contributed by atoms with van der Waals surface area (Å²) in [6.45, 7) is 0. The maximum atomic E-state index is 5.56. The summed E-state index contributed by atoms with van der Waals surface area (Å²) in [6, 6.07) is 13.7. The van der Waals surface area contributed by atoms with Crippen molar-refractivity contribution in [1.29, 1.82) is 0 Å². The molecule has 2 aromatic rings. The number of hydrogen-bond donors (Lipinski definition) is 2. The molecule has 0 atom stereocenters. The average molecular weight is 277 g/mol.